The van der Waals surface area contributed by atoms with Crippen LogP contribution >= 0.6 is 0 Å². The number of anilines is 1. The van der Waals surface area contributed by atoms with Crippen LogP contribution in [0.2, 0.25) is 0 Å². The predicted molar refractivity (Wildman–Crippen MR) is 113 cm³/mol. The summed E-state index contributed by atoms with van der Waals surface area (Å²) >= 11 is 0. The molecule has 4 rings (SSSR count). The number of hydrogen-bond acceptors (Lipinski definition) is 4. The van der Waals surface area contributed by atoms with Crippen LogP contribution in [0, 0.1) is 6.92 Å². The zero-order chi connectivity index (χ0) is 19.3. The number of pyridine rings is 1. The van der Waals surface area contributed by atoms with E-state index in [4.69, 9.17) is 4.98 Å². The van der Waals surface area contributed by atoms with Crippen LogP contribution in [0.25, 0.3) is 10.9 Å². The Morgan fingerprint density at radius 2 is 1.71 bits per heavy atom. The van der Waals surface area contributed by atoms with Gasteiger partial charge < -0.3 is 10.2 Å². The molecule has 1 N–H and O–H groups in total. The molecule has 0 saturated carbocycles. The van der Waals surface area contributed by atoms with Crippen molar-refractivity contribution in [3.05, 3.63) is 71.8 Å². The fourth-order valence-corrected chi connectivity index (χ4v) is 3.68. The highest BCUT2D eigenvalue weighted by molar-refractivity contribution is 5.83. The van der Waals surface area contributed by atoms with Crippen LogP contribution in [0.3, 0.4) is 0 Å². The van der Waals surface area contributed by atoms with Gasteiger partial charge in [-0.1, -0.05) is 48.5 Å². The summed E-state index contributed by atoms with van der Waals surface area (Å²) in [5.74, 6) is 1.11. The van der Waals surface area contributed by atoms with E-state index in [1.165, 1.54) is 10.9 Å². The van der Waals surface area contributed by atoms with Crippen molar-refractivity contribution < 1.29 is 4.79 Å². The summed E-state index contributed by atoms with van der Waals surface area (Å²) in [6.45, 7) is 6.68. The van der Waals surface area contributed by atoms with Crippen molar-refractivity contribution >= 4 is 22.6 Å². The maximum Gasteiger partial charge on any atom is 0.234 e. The zero-order valence-corrected chi connectivity index (χ0v) is 16.3. The molecule has 0 spiro atoms. The molecule has 0 aliphatic carbocycles. The quantitative estimate of drug-likeness (QED) is 0.746. The summed E-state index contributed by atoms with van der Waals surface area (Å²) in [4.78, 5) is 21.6. The minimum atomic E-state index is 0.0805. The first-order valence-corrected chi connectivity index (χ1v) is 9.83. The lowest BCUT2D eigenvalue weighted by molar-refractivity contribution is -0.122. The molecule has 0 bridgehead atoms. The van der Waals surface area contributed by atoms with Crippen LogP contribution in [0.4, 0.5) is 5.82 Å². The molecule has 1 aliphatic rings. The monoisotopic (exact) mass is 374 g/mol. The van der Waals surface area contributed by atoms with Crippen molar-refractivity contribution in [2.75, 3.05) is 37.6 Å². The smallest absolute Gasteiger partial charge is 0.234 e. The minimum absolute atomic E-state index is 0.0805. The highest BCUT2D eigenvalue weighted by Crippen LogP contribution is 2.23. The normalized spacial score (nSPS) is 15.0. The number of amides is 1. The van der Waals surface area contributed by atoms with Gasteiger partial charge in [0, 0.05) is 38.1 Å². The number of aromatic nitrogens is 1. The number of nitrogens with zero attached hydrogens (tertiary/aromatic N) is 3. The third-order valence-electron chi connectivity index (χ3n) is 5.31. The number of rotatable bonds is 5. The van der Waals surface area contributed by atoms with Crippen LogP contribution in [-0.4, -0.2) is 48.5 Å². The first-order chi connectivity index (χ1) is 13.7. The van der Waals surface area contributed by atoms with E-state index in [-0.39, 0.29) is 5.91 Å². The molecule has 0 atom stereocenters. The molecular weight excluding hydrogens is 348 g/mol. The molecule has 2 aromatic carbocycles. The molecule has 0 unspecified atom stereocenters. The van der Waals surface area contributed by atoms with Gasteiger partial charge in [-0.25, -0.2) is 4.98 Å². The summed E-state index contributed by atoms with van der Waals surface area (Å²) in [6.07, 6.45) is 0. The molecule has 1 saturated heterocycles. The van der Waals surface area contributed by atoms with Gasteiger partial charge >= 0.3 is 0 Å². The average Bonchev–Trinajstić information content (AvgIpc) is 2.73. The standard InChI is InChI=1S/C23H26N4O/c1-18-15-22(25-21-10-6-5-9-20(18)21)27-13-11-26(12-14-27)17-23(28)24-16-19-7-3-2-4-8-19/h2-10,15H,11-14,16-17H2,1H3,(H,24,28). The molecule has 5 nitrogen and oxygen atoms in total. The Hall–Kier alpha value is -2.92. The zero-order valence-electron chi connectivity index (χ0n) is 16.3. The van der Waals surface area contributed by atoms with Crippen LogP contribution in [0.15, 0.2) is 60.7 Å². The maximum absolute atomic E-state index is 12.2. The Morgan fingerprint density at radius 3 is 2.50 bits per heavy atom. The molecule has 2 heterocycles. The van der Waals surface area contributed by atoms with E-state index in [1.54, 1.807) is 0 Å². The van der Waals surface area contributed by atoms with Crippen molar-refractivity contribution in [3.63, 3.8) is 0 Å². The van der Waals surface area contributed by atoms with Gasteiger partial charge in [-0.3, -0.25) is 9.69 Å². The summed E-state index contributed by atoms with van der Waals surface area (Å²) in [5.41, 5.74) is 3.42. The molecular formula is C23H26N4O. The predicted octanol–water partition coefficient (Wildman–Crippen LogP) is 2.98. The lowest BCUT2D eigenvalue weighted by Gasteiger charge is -2.35. The van der Waals surface area contributed by atoms with Crippen molar-refractivity contribution in [1.82, 2.24) is 15.2 Å². The molecule has 1 aliphatic heterocycles. The van der Waals surface area contributed by atoms with Crippen molar-refractivity contribution in [2.45, 2.75) is 13.5 Å². The molecule has 5 heteroatoms. The van der Waals surface area contributed by atoms with Crippen LogP contribution < -0.4 is 10.2 Å². The lowest BCUT2D eigenvalue weighted by Crippen LogP contribution is -2.49. The summed E-state index contributed by atoms with van der Waals surface area (Å²) in [6, 6.07) is 20.5. The fraction of sp³-hybridized carbons (Fsp3) is 0.304. The Kier molecular flexibility index (Phi) is 5.53. The van der Waals surface area contributed by atoms with E-state index < -0.39 is 0 Å². The first kappa shape index (κ1) is 18.4. The van der Waals surface area contributed by atoms with Crippen LogP contribution in [0.5, 0.6) is 0 Å². The Labute approximate surface area is 166 Å². The van der Waals surface area contributed by atoms with E-state index in [1.807, 2.05) is 36.4 Å². The topological polar surface area (TPSA) is 48.5 Å². The number of hydrogen-bond donors (Lipinski definition) is 1. The third-order valence-corrected chi connectivity index (χ3v) is 5.31. The van der Waals surface area contributed by atoms with Crippen molar-refractivity contribution in [1.29, 1.82) is 0 Å². The minimum Gasteiger partial charge on any atom is -0.354 e. The maximum atomic E-state index is 12.2. The average molecular weight is 374 g/mol. The highest BCUT2D eigenvalue weighted by atomic mass is 16.2. The number of fused-ring (bicyclic) bond motifs is 1. The number of benzene rings is 2. The molecule has 0 radical (unpaired) electrons. The Morgan fingerprint density at radius 1 is 1.00 bits per heavy atom. The van der Waals surface area contributed by atoms with E-state index >= 15 is 0 Å². The number of piperazine rings is 1. The molecule has 1 fully saturated rings. The van der Waals surface area contributed by atoms with Gasteiger partial charge in [0.05, 0.1) is 12.1 Å². The number of para-hydroxylation sites is 1. The van der Waals surface area contributed by atoms with Gasteiger partial charge in [-0.15, -0.1) is 0 Å². The molecule has 3 aromatic rings. The Balaban J connectivity index is 1.30. The van der Waals surface area contributed by atoms with Crippen molar-refractivity contribution in [3.8, 4) is 0 Å². The van der Waals surface area contributed by atoms with Gasteiger partial charge in [0.2, 0.25) is 5.91 Å². The molecule has 1 amide bonds. The third kappa shape index (κ3) is 4.31. The Bertz CT molecular complexity index is 949. The second-order valence-electron chi connectivity index (χ2n) is 7.34. The van der Waals surface area contributed by atoms with E-state index in [2.05, 4.69) is 46.3 Å². The van der Waals surface area contributed by atoms with Gasteiger partial charge in [0.1, 0.15) is 5.82 Å². The highest BCUT2D eigenvalue weighted by Gasteiger charge is 2.20. The number of aryl methyl sites for hydroxylation is 1. The first-order valence-electron chi connectivity index (χ1n) is 9.83. The molecule has 144 valence electrons. The van der Waals surface area contributed by atoms with Crippen LogP contribution in [-0.2, 0) is 11.3 Å². The van der Waals surface area contributed by atoms with Crippen LogP contribution in [0.1, 0.15) is 11.1 Å². The molecule has 1 aromatic heterocycles. The van der Waals surface area contributed by atoms with Gasteiger partial charge in [-0.2, -0.15) is 0 Å². The second-order valence-corrected chi connectivity index (χ2v) is 7.34. The van der Waals surface area contributed by atoms with Gasteiger partial charge in [0.25, 0.3) is 0 Å². The SMILES string of the molecule is Cc1cc(N2CCN(CC(=O)NCc3ccccc3)CC2)nc2ccccc12. The summed E-state index contributed by atoms with van der Waals surface area (Å²) in [7, 11) is 0. The molecule has 28 heavy (non-hydrogen) atoms. The number of carbonyl (C=O) groups excluding carboxylic acids is 1. The lowest BCUT2D eigenvalue weighted by atomic mass is 10.1. The second kappa shape index (κ2) is 8.40. The summed E-state index contributed by atoms with van der Waals surface area (Å²) in [5, 5.41) is 4.22. The van der Waals surface area contributed by atoms with Crippen molar-refractivity contribution in [2.24, 2.45) is 0 Å². The summed E-state index contributed by atoms with van der Waals surface area (Å²) < 4.78 is 0. The number of nitrogens with one attached hydrogen (secondary N) is 1. The van der Waals surface area contributed by atoms with Gasteiger partial charge in [0.15, 0.2) is 0 Å². The van der Waals surface area contributed by atoms with E-state index in [0.29, 0.717) is 13.1 Å². The van der Waals surface area contributed by atoms with Gasteiger partial charge in [-0.05, 0) is 30.2 Å². The number of carbonyl (C=O) groups is 1. The van der Waals surface area contributed by atoms with E-state index in [0.717, 1.165) is 43.1 Å². The fourth-order valence-electron chi connectivity index (χ4n) is 3.68. The van der Waals surface area contributed by atoms with E-state index in [9.17, 15) is 4.79 Å². The largest absolute Gasteiger partial charge is 0.354 e.